The number of rotatable bonds is 9. The fraction of sp³-hybridized carbons (Fsp3) is 0.588. The van der Waals surface area contributed by atoms with Gasteiger partial charge in [-0.15, -0.1) is 0 Å². The van der Waals surface area contributed by atoms with Crippen LogP contribution in [0, 0.1) is 12.8 Å². The molecule has 0 aliphatic rings. The number of carbonyl (C=O) groups excluding carboxylic acids is 1. The van der Waals surface area contributed by atoms with Gasteiger partial charge >= 0.3 is 0 Å². The lowest BCUT2D eigenvalue weighted by molar-refractivity contribution is -0.116. The summed E-state index contributed by atoms with van der Waals surface area (Å²) in [5.74, 6) is 0.741. The molecule has 0 heterocycles. The van der Waals surface area contributed by atoms with Crippen molar-refractivity contribution in [3.8, 4) is 5.75 Å². The van der Waals surface area contributed by atoms with E-state index in [1.807, 2.05) is 32.9 Å². The minimum absolute atomic E-state index is 0.0995. The number of nitrogens with one attached hydrogen (secondary N) is 1. The number of anilines is 1. The maximum Gasteiger partial charge on any atom is 0.225 e. The molecule has 0 radical (unpaired) electrons. The zero-order valence-corrected chi connectivity index (χ0v) is 15.9. The Kier molecular flexibility index (Phi) is 7.69. The summed E-state index contributed by atoms with van der Waals surface area (Å²) in [6.07, 6.45) is 2.04. The summed E-state index contributed by atoms with van der Waals surface area (Å²) in [5, 5.41) is 2.79. The number of benzene rings is 1. The van der Waals surface area contributed by atoms with Crippen molar-refractivity contribution in [2.24, 2.45) is 5.92 Å². The molecule has 0 spiro atoms. The van der Waals surface area contributed by atoms with Gasteiger partial charge in [-0.05, 0) is 37.0 Å². The lowest BCUT2D eigenvalue weighted by Gasteiger charge is -2.20. The topological polar surface area (TPSA) is 75.7 Å². The van der Waals surface area contributed by atoms with Crippen LogP contribution in [-0.4, -0.2) is 45.1 Å². The van der Waals surface area contributed by atoms with E-state index >= 15 is 0 Å². The van der Waals surface area contributed by atoms with E-state index in [1.54, 1.807) is 6.07 Å². The highest BCUT2D eigenvalue weighted by atomic mass is 32.2. The first-order chi connectivity index (χ1) is 11.1. The highest BCUT2D eigenvalue weighted by molar-refractivity contribution is 7.88. The van der Waals surface area contributed by atoms with Gasteiger partial charge in [-0.2, -0.15) is 0 Å². The number of sulfonamides is 1. The van der Waals surface area contributed by atoms with Crippen molar-refractivity contribution in [3.63, 3.8) is 0 Å². The number of nitrogens with zero attached hydrogens (tertiary/aromatic N) is 1. The van der Waals surface area contributed by atoms with E-state index in [0.717, 1.165) is 12.0 Å². The van der Waals surface area contributed by atoms with Gasteiger partial charge in [0.15, 0.2) is 0 Å². The molecule has 0 saturated heterocycles. The highest BCUT2D eigenvalue weighted by Gasteiger charge is 2.18. The molecule has 6 nitrogen and oxygen atoms in total. The first kappa shape index (κ1) is 20.4. The summed E-state index contributed by atoms with van der Waals surface area (Å²) in [6.45, 7) is 6.60. The number of aryl methyl sites for hydroxylation is 1. The fourth-order valence-electron chi connectivity index (χ4n) is 2.20. The Morgan fingerprint density at radius 1 is 1.29 bits per heavy atom. The molecule has 0 saturated carbocycles. The van der Waals surface area contributed by atoms with Crippen LogP contribution in [0.25, 0.3) is 0 Å². The molecule has 0 atom stereocenters. The number of carbonyl (C=O) groups is 1. The molecular weight excluding hydrogens is 328 g/mol. The number of hydrogen-bond donors (Lipinski definition) is 1. The van der Waals surface area contributed by atoms with Crippen LogP contribution in [0.4, 0.5) is 5.69 Å². The molecule has 0 aliphatic carbocycles. The SMILES string of the molecule is COc1ccc(C)cc1NC(=O)CCN(CCC(C)C)S(C)(=O)=O. The zero-order chi connectivity index (χ0) is 18.3. The summed E-state index contributed by atoms with van der Waals surface area (Å²) < 4.78 is 30.3. The van der Waals surface area contributed by atoms with E-state index in [1.165, 1.54) is 17.7 Å². The largest absolute Gasteiger partial charge is 0.495 e. The summed E-state index contributed by atoms with van der Waals surface area (Å²) in [5.41, 5.74) is 1.59. The van der Waals surface area contributed by atoms with Crippen LogP contribution in [0.1, 0.15) is 32.3 Å². The molecule has 1 N–H and O–H groups in total. The van der Waals surface area contributed by atoms with Crippen molar-refractivity contribution in [2.45, 2.75) is 33.6 Å². The quantitative estimate of drug-likeness (QED) is 0.738. The number of amides is 1. The van der Waals surface area contributed by atoms with Gasteiger partial charge in [0, 0.05) is 19.5 Å². The molecule has 1 aromatic rings. The molecule has 0 fully saturated rings. The van der Waals surface area contributed by atoms with Gasteiger partial charge in [0.05, 0.1) is 19.1 Å². The third kappa shape index (κ3) is 6.88. The molecule has 24 heavy (non-hydrogen) atoms. The predicted octanol–water partition coefficient (Wildman–Crippen LogP) is 2.64. The van der Waals surface area contributed by atoms with Crippen LogP contribution < -0.4 is 10.1 Å². The number of hydrogen-bond acceptors (Lipinski definition) is 4. The summed E-state index contributed by atoms with van der Waals surface area (Å²) in [6, 6.07) is 5.51. The second kappa shape index (κ2) is 9.03. The Labute approximate surface area is 145 Å². The van der Waals surface area contributed by atoms with Crippen molar-refractivity contribution in [2.75, 3.05) is 31.8 Å². The van der Waals surface area contributed by atoms with Crippen LogP contribution in [0.3, 0.4) is 0 Å². The Morgan fingerprint density at radius 3 is 2.50 bits per heavy atom. The van der Waals surface area contributed by atoms with Crippen LogP contribution in [0.2, 0.25) is 0 Å². The molecular formula is C17H28N2O4S. The minimum atomic E-state index is -3.32. The Hall–Kier alpha value is -1.60. The number of methoxy groups -OCH3 is 1. The van der Waals surface area contributed by atoms with Gasteiger partial charge in [0.25, 0.3) is 0 Å². The molecule has 1 aromatic carbocycles. The first-order valence-corrected chi connectivity index (χ1v) is 9.88. The third-order valence-electron chi connectivity index (χ3n) is 3.64. The predicted molar refractivity (Wildman–Crippen MR) is 96.8 cm³/mol. The summed E-state index contributed by atoms with van der Waals surface area (Å²) >= 11 is 0. The van der Waals surface area contributed by atoms with Crippen molar-refractivity contribution in [1.29, 1.82) is 0 Å². The molecule has 0 bridgehead atoms. The summed E-state index contributed by atoms with van der Waals surface area (Å²) in [7, 11) is -1.78. The third-order valence-corrected chi connectivity index (χ3v) is 4.95. The van der Waals surface area contributed by atoms with Gasteiger partial charge in [-0.1, -0.05) is 19.9 Å². The van der Waals surface area contributed by atoms with Crippen LogP contribution in [0.5, 0.6) is 5.75 Å². The van der Waals surface area contributed by atoms with Crippen LogP contribution in [0.15, 0.2) is 18.2 Å². The minimum Gasteiger partial charge on any atom is -0.495 e. The summed E-state index contributed by atoms with van der Waals surface area (Å²) in [4.78, 5) is 12.2. The molecule has 0 aliphatic heterocycles. The van der Waals surface area contributed by atoms with Gasteiger partial charge in [-0.25, -0.2) is 12.7 Å². The van der Waals surface area contributed by atoms with Gasteiger partial charge in [0.1, 0.15) is 5.75 Å². The van der Waals surface area contributed by atoms with E-state index in [2.05, 4.69) is 5.32 Å². The maximum atomic E-state index is 12.2. The second-order valence-electron chi connectivity index (χ2n) is 6.35. The zero-order valence-electron chi connectivity index (χ0n) is 15.1. The monoisotopic (exact) mass is 356 g/mol. The Morgan fingerprint density at radius 2 is 1.96 bits per heavy atom. The second-order valence-corrected chi connectivity index (χ2v) is 8.33. The number of ether oxygens (including phenoxy) is 1. The normalized spacial score (nSPS) is 11.8. The highest BCUT2D eigenvalue weighted by Crippen LogP contribution is 2.25. The van der Waals surface area contributed by atoms with E-state index in [9.17, 15) is 13.2 Å². The first-order valence-electron chi connectivity index (χ1n) is 8.03. The van der Waals surface area contributed by atoms with E-state index in [-0.39, 0.29) is 18.9 Å². The molecule has 0 aromatic heterocycles. The van der Waals surface area contributed by atoms with Crippen molar-refractivity contribution < 1.29 is 17.9 Å². The molecule has 0 unspecified atom stereocenters. The molecule has 1 rings (SSSR count). The van der Waals surface area contributed by atoms with E-state index in [4.69, 9.17) is 4.74 Å². The van der Waals surface area contributed by atoms with Crippen molar-refractivity contribution in [1.82, 2.24) is 4.31 Å². The Bertz CT molecular complexity index is 657. The molecule has 1 amide bonds. The molecule has 136 valence electrons. The standard InChI is InChI=1S/C17H28N2O4S/c1-13(2)8-10-19(24(5,21)22)11-9-17(20)18-15-12-14(3)6-7-16(15)23-4/h6-7,12-13H,8-11H2,1-5H3,(H,18,20). The van der Waals surface area contributed by atoms with E-state index < -0.39 is 10.0 Å². The lowest BCUT2D eigenvalue weighted by atomic mass is 10.1. The van der Waals surface area contributed by atoms with Crippen LogP contribution >= 0.6 is 0 Å². The smallest absolute Gasteiger partial charge is 0.225 e. The van der Waals surface area contributed by atoms with Crippen molar-refractivity contribution >= 4 is 21.6 Å². The lowest BCUT2D eigenvalue weighted by Crippen LogP contribution is -2.34. The van der Waals surface area contributed by atoms with Gasteiger partial charge in [0.2, 0.25) is 15.9 Å². The molecule has 7 heteroatoms. The van der Waals surface area contributed by atoms with Gasteiger partial charge < -0.3 is 10.1 Å². The average molecular weight is 356 g/mol. The van der Waals surface area contributed by atoms with Gasteiger partial charge in [-0.3, -0.25) is 4.79 Å². The van der Waals surface area contributed by atoms with Crippen molar-refractivity contribution in [3.05, 3.63) is 23.8 Å². The van der Waals surface area contributed by atoms with E-state index in [0.29, 0.717) is 23.9 Å². The maximum absolute atomic E-state index is 12.2. The average Bonchev–Trinajstić information content (AvgIpc) is 2.45. The van der Waals surface area contributed by atoms with Crippen LogP contribution in [-0.2, 0) is 14.8 Å². The fourth-order valence-corrected chi connectivity index (χ4v) is 3.06. The Balaban J connectivity index is 2.68.